The van der Waals surface area contributed by atoms with Crippen LogP contribution >= 0.6 is 11.6 Å². The van der Waals surface area contributed by atoms with Crippen LogP contribution in [0.25, 0.3) is 5.69 Å². The maximum absolute atomic E-state index is 13.0. The van der Waals surface area contributed by atoms with Crippen LogP contribution in [0.3, 0.4) is 0 Å². The lowest BCUT2D eigenvalue weighted by molar-refractivity contribution is 0.0791. The average molecular weight is 410 g/mol. The van der Waals surface area contributed by atoms with Gasteiger partial charge < -0.3 is 9.64 Å². The summed E-state index contributed by atoms with van der Waals surface area (Å²) in [4.78, 5) is 14.9. The van der Waals surface area contributed by atoms with Gasteiger partial charge in [0.25, 0.3) is 5.91 Å². The summed E-state index contributed by atoms with van der Waals surface area (Å²) in [7, 11) is 1.67. The van der Waals surface area contributed by atoms with Gasteiger partial charge in [0.15, 0.2) is 0 Å². The second kappa shape index (κ2) is 7.91. The van der Waals surface area contributed by atoms with Crippen molar-refractivity contribution in [1.29, 1.82) is 0 Å². The molecule has 1 aliphatic heterocycles. The molecule has 1 aliphatic rings. The average Bonchev–Trinajstić information content (AvgIpc) is 3.35. The summed E-state index contributed by atoms with van der Waals surface area (Å²) in [6.45, 7) is 5.33. The molecule has 3 aromatic rings. The molecule has 0 spiro atoms. The van der Waals surface area contributed by atoms with Crippen LogP contribution < -0.4 is 4.74 Å². The number of amides is 1. The van der Waals surface area contributed by atoms with Crippen LogP contribution in [0.4, 0.5) is 0 Å². The first-order valence-corrected chi connectivity index (χ1v) is 10.1. The first-order chi connectivity index (χ1) is 14.0. The molecule has 150 valence electrons. The number of benzene rings is 2. The van der Waals surface area contributed by atoms with Crippen molar-refractivity contribution >= 4 is 17.5 Å². The van der Waals surface area contributed by atoms with Gasteiger partial charge >= 0.3 is 0 Å². The van der Waals surface area contributed by atoms with Crippen LogP contribution in [0.1, 0.15) is 39.6 Å². The molecule has 0 saturated carbocycles. The van der Waals surface area contributed by atoms with E-state index in [2.05, 4.69) is 17.2 Å². The van der Waals surface area contributed by atoms with E-state index in [-0.39, 0.29) is 5.91 Å². The molecular formula is C23H24ClN3O2. The minimum atomic E-state index is 0.0685. The summed E-state index contributed by atoms with van der Waals surface area (Å²) in [5.41, 5.74) is 4.53. The van der Waals surface area contributed by atoms with E-state index in [1.807, 2.05) is 59.8 Å². The first kappa shape index (κ1) is 19.5. The number of likely N-dealkylation sites (tertiary alicyclic amines) is 1. The molecule has 29 heavy (non-hydrogen) atoms. The van der Waals surface area contributed by atoms with E-state index < -0.39 is 0 Å². The number of aromatic nitrogens is 2. The summed E-state index contributed by atoms with van der Waals surface area (Å²) < 4.78 is 7.03. The third-order valence-electron chi connectivity index (χ3n) is 5.62. The van der Waals surface area contributed by atoms with Crippen LogP contribution in [0.5, 0.6) is 5.75 Å². The van der Waals surface area contributed by atoms with Gasteiger partial charge in [-0.05, 0) is 62.2 Å². The van der Waals surface area contributed by atoms with Crippen molar-refractivity contribution in [2.24, 2.45) is 0 Å². The van der Waals surface area contributed by atoms with Gasteiger partial charge in [0.1, 0.15) is 5.75 Å². The smallest absolute Gasteiger partial charge is 0.253 e. The van der Waals surface area contributed by atoms with Gasteiger partial charge in [0, 0.05) is 24.6 Å². The SMILES string of the molecule is COc1ccc(C2CCN(C(=O)c3ccc(-n4nc(C)c(Cl)c4C)cc3)C2)cc1. The van der Waals surface area contributed by atoms with Gasteiger partial charge in [-0.25, -0.2) is 4.68 Å². The Hall–Kier alpha value is -2.79. The van der Waals surface area contributed by atoms with Crippen molar-refractivity contribution in [3.05, 3.63) is 76.1 Å². The van der Waals surface area contributed by atoms with Gasteiger partial charge in [-0.3, -0.25) is 4.79 Å². The largest absolute Gasteiger partial charge is 0.497 e. The summed E-state index contributed by atoms with van der Waals surface area (Å²) in [6.07, 6.45) is 0.973. The minimum absolute atomic E-state index is 0.0685. The zero-order valence-corrected chi connectivity index (χ0v) is 17.6. The lowest BCUT2D eigenvalue weighted by Crippen LogP contribution is -2.28. The van der Waals surface area contributed by atoms with Gasteiger partial charge in [-0.15, -0.1) is 0 Å². The molecule has 5 nitrogen and oxygen atoms in total. The standard InChI is InChI=1S/C23H24ClN3O2/c1-15-22(24)16(2)27(25-15)20-8-4-18(5-9-20)23(28)26-13-12-19(14-26)17-6-10-21(29-3)11-7-17/h4-11,19H,12-14H2,1-3H3. The molecule has 1 unspecified atom stereocenters. The van der Waals surface area contributed by atoms with E-state index in [4.69, 9.17) is 16.3 Å². The zero-order valence-electron chi connectivity index (χ0n) is 16.9. The first-order valence-electron chi connectivity index (χ1n) is 9.73. The summed E-state index contributed by atoms with van der Waals surface area (Å²) in [6, 6.07) is 15.7. The number of methoxy groups -OCH3 is 1. The second-order valence-corrected chi connectivity index (χ2v) is 7.83. The Morgan fingerprint density at radius 3 is 2.38 bits per heavy atom. The van der Waals surface area contributed by atoms with Crippen molar-refractivity contribution in [3.8, 4) is 11.4 Å². The second-order valence-electron chi connectivity index (χ2n) is 7.45. The molecule has 6 heteroatoms. The highest BCUT2D eigenvalue weighted by atomic mass is 35.5. The molecule has 1 fully saturated rings. The predicted octanol–water partition coefficient (Wildman–Crippen LogP) is 4.78. The molecule has 1 atom stereocenters. The molecule has 0 N–H and O–H groups in total. The maximum Gasteiger partial charge on any atom is 0.253 e. The molecular weight excluding hydrogens is 386 g/mol. The van der Waals surface area contributed by atoms with E-state index >= 15 is 0 Å². The van der Waals surface area contributed by atoms with Crippen molar-refractivity contribution in [3.63, 3.8) is 0 Å². The molecule has 1 aromatic heterocycles. The van der Waals surface area contributed by atoms with Crippen molar-refractivity contribution in [2.45, 2.75) is 26.2 Å². The van der Waals surface area contributed by atoms with E-state index in [1.54, 1.807) is 7.11 Å². The van der Waals surface area contributed by atoms with E-state index in [9.17, 15) is 4.79 Å². The molecule has 2 heterocycles. The lowest BCUT2D eigenvalue weighted by Gasteiger charge is -2.17. The monoisotopic (exact) mass is 409 g/mol. The Balaban J connectivity index is 1.46. The van der Waals surface area contributed by atoms with Crippen LogP contribution in [-0.2, 0) is 0 Å². The fourth-order valence-electron chi connectivity index (χ4n) is 3.90. The van der Waals surface area contributed by atoms with Crippen molar-refractivity contribution < 1.29 is 9.53 Å². The summed E-state index contributed by atoms with van der Waals surface area (Å²) >= 11 is 6.25. The van der Waals surface area contributed by atoms with E-state index in [1.165, 1.54) is 5.56 Å². The lowest BCUT2D eigenvalue weighted by atomic mass is 9.98. The Morgan fingerprint density at radius 1 is 1.10 bits per heavy atom. The van der Waals surface area contributed by atoms with Gasteiger partial charge in [-0.2, -0.15) is 5.10 Å². The topological polar surface area (TPSA) is 47.4 Å². The fraction of sp³-hybridized carbons (Fsp3) is 0.304. The molecule has 1 saturated heterocycles. The fourth-order valence-corrected chi connectivity index (χ4v) is 4.01. The third kappa shape index (κ3) is 3.75. The normalized spacial score (nSPS) is 16.3. The highest BCUT2D eigenvalue weighted by molar-refractivity contribution is 6.31. The molecule has 0 bridgehead atoms. The predicted molar refractivity (Wildman–Crippen MR) is 114 cm³/mol. The molecule has 0 radical (unpaired) electrons. The van der Waals surface area contributed by atoms with Crippen LogP contribution in [0, 0.1) is 13.8 Å². The number of carbonyl (C=O) groups is 1. The van der Waals surface area contributed by atoms with Crippen molar-refractivity contribution in [1.82, 2.24) is 14.7 Å². The molecule has 4 rings (SSSR count). The highest BCUT2D eigenvalue weighted by Gasteiger charge is 2.28. The summed E-state index contributed by atoms with van der Waals surface area (Å²) in [5, 5.41) is 5.14. The van der Waals surface area contributed by atoms with Crippen molar-refractivity contribution in [2.75, 3.05) is 20.2 Å². The van der Waals surface area contributed by atoms with Gasteiger partial charge in [0.05, 0.1) is 29.2 Å². The Bertz CT molecular complexity index is 1030. The van der Waals surface area contributed by atoms with Gasteiger partial charge in [-0.1, -0.05) is 23.7 Å². The number of hydrogen-bond donors (Lipinski definition) is 0. The number of carbonyl (C=O) groups excluding carboxylic acids is 1. The Labute approximate surface area is 175 Å². The van der Waals surface area contributed by atoms with Crippen LogP contribution in [0.15, 0.2) is 48.5 Å². The third-order valence-corrected chi connectivity index (χ3v) is 6.17. The van der Waals surface area contributed by atoms with E-state index in [0.717, 1.165) is 42.3 Å². The quantitative estimate of drug-likeness (QED) is 0.623. The number of hydrogen-bond acceptors (Lipinski definition) is 3. The number of nitrogens with zero attached hydrogens (tertiary/aromatic N) is 3. The molecule has 2 aromatic carbocycles. The Morgan fingerprint density at radius 2 is 1.79 bits per heavy atom. The zero-order chi connectivity index (χ0) is 20.5. The van der Waals surface area contributed by atoms with Crippen LogP contribution in [0.2, 0.25) is 5.02 Å². The molecule has 1 amide bonds. The van der Waals surface area contributed by atoms with E-state index in [0.29, 0.717) is 16.5 Å². The highest BCUT2D eigenvalue weighted by Crippen LogP contribution is 2.29. The number of ether oxygens (including phenoxy) is 1. The number of rotatable bonds is 4. The summed E-state index contributed by atoms with van der Waals surface area (Å²) in [5.74, 6) is 1.28. The maximum atomic E-state index is 13.0. The minimum Gasteiger partial charge on any atom is -0.497 e. The van der Waals surface area contributed by atoms with Gasteiger partial charge in [0.2, 0.25) is 0 Å². The molecule has 0 aliphatic carbocycles. The number of aryl methyl sites for hydroxylation is 1. The van der Waals surface area contributed by atoms with Crippen LogP contribution in [-0.4, -0.2) is 40.8 Å². The number of halogens is 1. The Kier molecular flexibility index (Phi) is 5.33.